The molecular weight excluding hydrogens is 224 g/mol. The van der Waals surface area contributed by atoms with Gasteiger partial charge in [-0.25, -0.2) is 0 Å². The Morgan fingerprint density at radius 3 is 2.06 bits per heavy atom. The van der Waals surface area contributed by atoms with Crippen LogP contribution in [-0.4, -0.2) is 44.3 Å². The number of hydrogen-bond acceptors (Lipinski definition) is 5. The Balaban J connectivity index is 1.93. The molecule has 0 atom stereocenters. The van der Waals surface area contributed by atoms with Crippen LogP contribution in [0.25, 0.3) is 0 Å². The Kier molecular flexibility index (Phi) is 6.15. The van der Waals surface area contributed by atoms with Gasteiger partial charge in [0.2, 0.25) is 0 Å². The van der Waals surface area contributed by atoms with Crippen molar-refractivity contribution in [3.8, 4) is 0 Å². The van der Waals surface area contributed by atoms with Crippen molar-refractivity contribution in [1.82, 2.24) is 0 Å². The fourth-order valence-electron chi connectivity index (χ4n) is 1.57. The first-order chi connectivity index (χ1) is 8.11. The predicted octanol–water partition coefficient (Wildman–Crippen LogP) is 1.09. The van der Waals surface area contributed by atoms with Crippen LogP contribution in [0.4, 0.5) is 0 Å². The molecule has 0 unspecified atom stereocenters. The van der Waals surface area contributed by atoms with Gasteiger partial charge in [-0.05, 0) is 19.8 Å². The van der Waals surface area contributed by atoms with Crippen molar-refractivity contribution in [2.24, 2.45) is 0 Å². The molecule has 0 saturated heterocycles. The van der Waals surface area contributed by atoms with Gasteiger partial charge < -0.3 is 14.2 Å². The smallest absolute Gasteiger partial charge is 0.307 e. The standard InChI is InChI=1S/C12H20O5/c1-9(13)3-5-16-10-7-11(8-10)17-6-4-12(14)15-2/h10-11H,3-8H2,1-2H3. The van der Waals surface area contributed by atoms with Crippen molar-refractivity contribution in [3.05, 3.63) is 0 Å². The molecule has 17 heavy (non-hydrogen) atoms. The molecule has 1 rings (SSSR count). The van der Waals surface area contributed by atoms with Crippen LogP contribution in [0.15, 0.2) is 0 Å². The molecule has 0 aromatic rings. The summed E-state index contributed by atoms with van der Waals surface area (Å²) in [6.45, 7) is 2.45. The third-order valence-electron chi connectivity index (χ3n) is 2.75. The highest BCUT2D eigenvalue weighted by Gasteiger charge is 2.30. The summed E-state index contributed by atoms with van der Waals surface area (Å²) in [5.41, 5.74) is 0. The number of carbonyl (C=O) groups is 2. The fourth-order valence-corrected chi connectivity index (χ4v) is 1.57. The van der Waals surface area contributed by atoms with Gasteiger partial charge in [0.05, 0.1) is 39.0 Å². The largest absolute Gasteiger partial charge is 0.469 e. The molecule has 1 aliphatic carbocycles. The van der Waals surface area contributed by atoms with Crippen molar-refractivity contribution in [3.63, 3.8) is 0 Å². The molecule has 0 aliphatic heterocycles. The summed E-state index contributed by atoms with van der Waals surface area (Å²) in [6.07, 6.45) is 2.85. The molecule has 0 radical (unpaired) electrons. The van der Waals surface area contributed by atoms with Crippen LogP contribution >= 0.6 is 0 Å². The molecule has 0 heterocycles. The summed E-state index contributed by atoms with van der Waals surface area (Å²) in [5, 5.41) is 0. The lowest BCUT2D eigenvalue weighted by atomic mass is 9.92. The van der Waals surface area contributed by atoms with Crippen LogP contribution in [0, 0.1) is 0 Å². The topological polar surface area (TPSA) is 61.8 Å². The second-order valence-electron chi connectivity index (χ2n) is 4.24. The van der Waals surface area contributed by atoms with E-state index >= 15 is 0 Å². The van der Waals surface area contributed by atoms with E-state index in [1.54, 1.807) is 6.92 Å². The number of ether oxygens (including phenoxy) is 3. The van der Waals surface area contributed by atoms with Gasteiger partial charge in [0.1, 0.15) is 5.78 Å². The van der Waals surface area contributed by atoms with Gasteiger partial charge in [-0.1, -0.05) is 0 Å². The third kappa shape index (κ3) is 5.79. The molecule has 1 saturated carbocycles. The first-order valence-electron chi connectivity index (χ1n) is 5.91. The van der Waals surface area contributed by atoms with Crippen molar-refractivity contribution in [1.29, 1.82) is 0 Å². The van der Waals surface area contributed by atoms with Crippen molar-refractivity contribution in [2.45, 2.75) is 44.8 Å². The van der Waals surface area contributed by atoms with E-state index in [1.165, 1.54) is 7.11 Å². The second-order valence-corrected chi connectivity index (χ2v) is 4.24. The average Bonchev–Trinajstić information content (AvgIpc) is 2.23. The molecule has 5 nitrogen and oxygen atoms in total. The summed E-state index contributed by atoms with van der Waals surface area (Å²) in [7, 11) is 1.37. The first-order valence-corrected chi connectivity index (χ1v) is 5.91. The summed E-state index contributed by atoms with van der Waals surface area (Å²) < 4.78 is 15.4. The number of ketones is 1. The van der Waals surface area contributed by atoms with Gasteiger partial charge in [0.25, 0.3) is 0 Å². The molecule has 5 heteroatoms. The number of rotatable bonds is 8. The molecule has 0 spiro atoms. The zero-order valence-corrected chi connectivity index (χ0v) is 10.4. The highest BCUT2D eigenvalue weighted by Crippen LogP contribution is 2.26. The lowest BCUT2D eigenvalue weighted by Crippen LogP contribution is -2.38. The highest BCUT2D eigenvalue weighted by atomic mass is 16.5. The number of esters is 1. The number of methoxy groups -OCH3 is 1. The van der Waals surface area contributed by atoms with Crippen molar-refractivity contribution in [2.75, 3.05) is 20.3 Å². The summed E-state index contributed by atoms with van der Waals surface area (Å²) in [4.78, 5) is 21.5. The van der Waals surface area contributed by atoms with Crippen LogP contribution in [0.1, 0.15) is 32.6 Å². The maximum absolute atomic E-state index is 10.8. The molecule has 0 aromatic carbocycles. The third-order valence-corrected chi connectivity index (χ3v) is 2.75. The van der Waals surface area contributed by atoms with E-state index in [-0.39, 0.29) is 24.0 Å². The molecule has 0 amide bonds. The van der Waals surface area contributed by atoms with Gasteiger partial charge in [-0.3, -0.25) is 9.59 Å². The van der Waals surface area contributed by atoms with Crippen molar-refractivity contribution >= 4 is 11.8 Å². The minimum atomic E-state index is -0.251. The first kappa shape index (κ1) is 14.1. The summed E-state index contributed by atoms with van der Waals surface area (Å²) in [5.74, 6) is -0.103. The number of carbonyl (C=O) groups excluding carboxylic acids is 2. The molecule has 1 aliphatic rings. The number of hydrogen-bond donors (Lipinski definition) is 0. The van der Waals surface area contributed by atoms with Crippen LogP contribution in [0.5, 0.6) is 0 Å². The zero-order valence-electron chi connectivity index (χ0n) is 10.4. The van der Waals surface area contributed by atoms with Crippen LogP contribution < -0.4 is 0 Å². The molecular formula is C12H20O5. The maximum atomic E-state index is 10.8. The van der Waals surface area contributed by atoms with E-state index in [4.69, 9.17) is 9.47 Å². The second kappa shape index (κ2) is 7.40. The monoisotopic (exact) mass is 244 g/mol. The van der Waals surface area contributed by atoms with Gasteiger partial charge in [0, 0.05) is 6.42 Å². The van der Waals surface area contributed by atoms with E-state index in [0.717, 1.165) is 12.8 Å². The fraction of sp³-hybridized carbons (Fsp3) is 0.833. The Hall–Kier alpha value is -0.940. The van der Waals surface area contributed by atoms with E-state index < -0.39 is 0 Å². The minimum Gasteiger partial charge on any atom is -0.469 e. The molecule has 0 N–H and O–H groups in total. The molecule has 0 aromatic heterocycles. The average molecular weight is 244 g/mol. The Bertz CT molecular complexity index is 258. The van der Waals surface area contributed by atoms with Crippen LogP contribution in [0.3, 0.4) is 0 Å². The quantitative estimate of drug-likeness (QED) is 0.598. The van der Waals surface area contributed by atoms with E-state index in [9.17, 15) is 9.59 Å². The SMILES string of the molecule is COC(=O)CCOC1CC(OCCC(C)=O)C1. The van der Waals surface area contributed by atoms with Gasteiger partial charge in [-0.15, -0.1) is 0 Å². The van der Waals surface area contributed by atoms with E-state index in [2.05, 4.69) is 4.74 Å². The summed E-state index contributed by atoms with van der Waals surface area (Å²) >= 11 is 0. The van der Waals surface area contributed by atoms with E-state index in [0.29, 0.717) is 26.1 Å². The molecule has 98 valence electrons. The van der Waals surface area contributed by atoms with E-state index in [1.807, 2.05) is 0 Å². The van der Waals surface area contributed by atoms with Crippen LogP contribution in [-0.2, 0) is 23.8 Å². The number of Topliss-reactive ketones (excluding diaryl/α,β-unsaturated/α-hetero) is 1. The zero-order chi connectivity index (χ0) is 12.7. The van der Waals surface area contributed by atoms with Gasteiger partial charge in [0.15, 0.2) is 0 Å². The predicted molar refractivity (Wildman–Crippen MR) is 60.6 cm³/mol. The normalized spacial score (nSPS) is 22.9. The van der Waals surface area contributed by atoms with Crippen molar-refractivity contribution < 1.29 is 23.8 Å². The minimum absolute atomic E-state index is 0.148. The van der Waals surface area contributed by atoms with Gasteiger partial charge in [-0.2, -0.15) is 0 Å². The lowest BCUT2D eigenvalue weighted by Gasteiger charge is -2.34. The van der Waals surface area contributed by atoms with Gasteiger partial charge >= 0.3 is 5.97 Å². The molecule has 1 fully saturated rings. The molecule has 0 bridgehead atoms. The lowest BCUT2D eigenvalue weighted by molar-refractivity contribution is -0.144. The Morgan fingerprint density at radius 1 is 1.06 bits per heavy atom. The Labute approximate surface area is 101 Å². The summed E-state index contributed by atoms with van der Waals surface area (Å²) in [6, 6.07) is 0. The maximum Gasteiger partial charge on any atom is 0.307 e. The van der Waals surface area contributed by atoms with Crippen LogP contribution in [0.2, 0.25) is 0 Å². The Morgan fingerprint density at radius 2 is 1.59 bits per heavy atom. The highest BCUT2D eigenvalue weighted by molar-refractivity contribution is 5.75.